The molecule has 4 heteroatoms. The second kappa shape index (κ2) is 5.95. The number of amides is 2. The number of hydrogen-bond donors (Lipinski definition) is 1. The molecule has 2 N–H and O–H groups in total. The summed E-state index contributed by atoms with van der Waals surface area (Å²) in [7, 11) is 3.39. The van der Waals surface area contributed by atoms with Crippen LogP contribution in [0.15, 0.2) is 18.2 Å². The van der Waals surface area contributed by atoms with Gasteiger partial charge in [-0.1, -0.05) is 32.9 Å². The summed E-state index contributed by atoms with van der Waals surface area (Å²) >= 11 is 0. The Bertz CT molecular complexity index is 450. The SMILES string of the molecule is COc1ccc(CCN(C)C(N)=O)cc1C(C)(C)C. The number of hydrogen-bond acceptors (Lipinski definition) is 2. The molecule has 2 amide bonds. The summed E-state index contributed by atoms with van der Waals surface area (Å²) in [4.78, 5) is 12.5. The fourth-order valence-corrected chi connectivity index (χ4v) is 1.90. The third kappa shape index (κ3) is 4.16. The normalized spacial score (nSPS) is 11.2. The lowest BCUT2D eigenvalue weighted by Crippen LogP contribution is -2.33. The van der Waals surface area contributed by atoms with Crippen molar-refractivity contribution in [1.82, 2.24) is 4.90 Å². The lowest BCUT2D eigenvalue weighted by molar-refractivity contribution is 0.219. The van der Waals surface area contributed by atoms with Gasteiger partial charge in [0.05, 0.1) is 7.11 Å². The number of ether oxygens (including phenoxy) is 1. The van der Waals surface area contributed by atoms with Gasteiger partial charge in [0, 0.05) is 13.6 Å². The third-order valence-corrected chi connectivity index (χ3v) is 3.18. The van der Waals surface area contributed by atoms with Gasteiger partial charge < -0.3 is 15.4 Å². The molecule has 0 bridgehead atoms. The number of primary amides is 1. The molecule has 106 valence electrons. The van der Waals surface area contributed by atoms with Crippen molar-refractivity contribution >= 4 is 6.03 Å². The number of carbonyl (C=O) groups is 1. The lowest BCUT2D eigenvalue weighted by atomic mass is 9.85. The van der Waals surface area contributed by atoms with Gasteiger partial charge in [-0.2, -0.15) is 0 Å². The molecule has 0 aromatic heterocycles. The van der Waals surface area contributed by atoms with Crippen molar-refractivity contribution in [3.63, 3.8) is 0 Å². The van der Waals surface area contributed by atoms with Crippen molar-refractivity contribution in [2.24, 2.45) is 5.73 Å². The maximum Gasteiger partial charge on any atom is 0.314 e. The highest BCUT2D eigenvalue weighted by Crippen LogP contribution is 2.32. The van der Waals surface area contributed by atoms with Gasteiger partial charge in [0.1, 0.15) is 5.75 Å². The second-order valence-electron chi connectivity index (χ2n) is 5.79. The Morgan fingerprint density at radius 3 is 2.47 bits per heavy atom. The van der Waals surface area contributed by atoms with Crippen molar-refractivity contribution in [2.75, 3.05) is 20.7 Å². The summed E-state index contributed by atoms with van der Waals surface area (Å²) in [6.07, 6.45) is 0.784. The molecule has 0 unspecified atom stereocenters. The summed E-state index contributed by atoms with van der Waals surface area (Å²) in [5.41, 5.74) is 7.59. The summed E-state index contributed by atoms with van der Waals surface area (Å²) in [5, 5.41) is 0. The van der Waals surface area contributed by atoms with Gasteiger partial charge in [0.25, 0.3) is 0 Å². The molecule has 0 atom stereocenters. The van der Waals surface area contributed by atoms with Crippen LogP contribution >= 0.6 is 0 Å². The van der Waals surface area contributed by atoms with Crippen LogP contribution in [0.1, 0.15) is 31.9 Å². The molecular weight excluding hydrogens is 240 g/mol. The first-order chi connectivity index (χ1) is 8.75. The number of benzene rings is 1. The minimum atomic E-state index is -0.399. The van der Waals surface area contributed by atoms with Crippen LogP contribution in [0.3, 0.4) is 0 Å². The molecule has 1 aromatic rings. The van der Waals surface area contributed by atoms with Crippen LogP contribution in [-0.4, -0.2) is 31.6 Å². The van der Waals surface area contributed by atoms with Crippen LogP contribution in [-0.2, 0) is 11.8 Å². The van der Waals surface area contributed by atoms with Crippen LogP contribution in [0.4, 0.5) is 4.79 Å². The molecule has 1 rings (SSSR count). The van der Waals surface area contributed by atoms with Gasteiger partial charge in [0.2, 0.25) is 0 Å². The molecule has 0 aliphatic carbocycles. The predicted molar refractivity (Wildman–Crippen MR) is 77.6 cm³/mol. The summed E-state index contributed by atoms with van der Waals surface area (Å²) < 4.78 is 5.41. The molecule has 0 heterocycles. The molecule has 19 heavy (non-hydrogen) atoms. The third-order valence-electron chi connectivity index (χ3n) is 3.18. The summed E-state index contributed by atoms with van der Waals surface area (Å²) in [5.74, 6) is 0.902. The van der Waals surface area contributed by atoms with E-state index < -0.39 is 6.03 Å². The maximum absolute atomic E-state index is 11.0. The monoisotopic (exact) mass is 264 g/mol. The number of methoxy groups -OCH3 is 1. The van der Waals surface area contributed by atoms with Gasteiger partial charge in [-0.15, -0.1) is 0 Å². The van der Waals surface area contributed by atoms with Crippen molar-refractivity contribution in [3.8, 4) is 5.75 Å². The molecule has 4 nitrogen and oxygen atoms in total. The molecule has 0 aliphatic rings. The van der Waals surface area contributed by atoms with E-state index in [0.717, 1.165) is 12.2 Å². The van der Waals surface area contributed by atoms with E-state index >= 15 is 0 Å². The molecule has 0 radical (unpaired) electrons. The number of likely N-dealkylation sites (N-methyl/N-ethyl adjacent to an activating group) is 1. The first-order valence-electron chi connectivity index (χ1n) is 6.43. The Labute approximate surface area is 115 Å². The van der Waals surface area contributed by atoms with Crippen LogP contribution in [0.2, 0.25) is 0 Å². The highest BCUT2D eigenvalue weighted by molar-refractivity contribution is 5.71. The second-order valence-corrected chi connectivity index (χ2v) is 5.79. The zero-order valence-electron chi connectivity index (χ0n) is 12.5. The standard InChI is InChI=1S/C15H24N2O2/c1-15(2,3)12-10-11(6-7-13(12)19-5)8-9-17(4)14(16)18/h6-7,10H,8-9H2,1-5H3,(H2,16,18). The molecule has 0 fully saturated rings. The molecule has 0 saturated heterocycles. The Morgan fingerprint density at radius 1 is 1.37 bits per heavy atom. The highest BCUT2D eigenvalue weighted by Gasteiger charge is 2.19. The van der Waals surface area contributed by atoms with Gasteiger partial charge in [-0.3, -0.25) is 0 Å². The van der Waals surface area contributed by atoms with E-state index in [1.54, 1.807) is 14.2 Å². The Kier molecular flexibility index (Phi) is 4.81. The highest BCUT2D eigenvalue weighted by atomic mass is 16.5. The zero-order valence-corrected chi connectivity index (χ0v) is 12.5. The van der Waals surface area contributed by atoms with Crippen molar-refractivity contribution in [1.29, 1.82) is 0 Å². The maximum atomic E-state index is 11.0. The average Bonchev–Trinajstić information content (AvgIpc) is 2.34. The lowest BCUT2D eigenvalue weighted by Gasteiger charge is -2.23. The summed E-state index contributed by atoms with van der Waals surface area (Å²) in [6, 6.07) is 5.76. The Balaban J connectivity index is 2.90. The van der Waals surface area contributed by atoms with Crippen LogP contribution in [0.25, 0.3) is 0 Å². The Morgan fingerprint density at radius 2 is 2.00 bits per heavy atom. The largest absolute Gasteiger partial charge is 0.496 e. The Hall–Kier alpha value is -1.71. The number of carbonyl (C=O) groups excluding carboxylic acids is 1. The minimum absolute atomic E-state index is 0.0247. The molecular formula is C15H24N2O2. The number of rotatable bonds is 4. The van der Waals surface area contributed by atoms with Crippen LogP contribution < -0.4 is 10.5 Å². The average molecular weight is 264 g/mol. The fraction of sp³-hybridized carbons (Fsp3) is 0.533. The quantitative estimate of drug-likeness (QED) is 0.908. The van der Waals surface area contributed by atoms with Gasteiger partial charge in [0.15, 0.2) is 0 Å². The molecule has 1 aromatic carbocycles. The van der Waals surface area contributed by atoms with E-state index in [0.29, 0.717) is 6.54 Å². The van der Waals surface area contributed by atoms with Crippen molar-refractivity contribution in [2.45, 2.75) is 32.6 Å². The minimum Gasteiger partial charge on any atom is -0.496 e. The van der Waals surface area contributed by atoms with E-state index in [-0.39, 0.29) is 5.41 Å². The number of nitrogens with two attached hydrogens (primary N) is 1. The van der Waals surface area contributed by atoms with E-state index in [2.05, 4.69) is 26.8 Å². The topological polar surface area (TPSA) is 55.6 Å². The first kappa shape index (κ1) is 15.3. The molecule has 0 saturated carbocycles. The van der Waals surface area contributed by atoms with E-state index in [9.17, 15) is 4.79 Å². The molecule has 0 spiro atoms. The van der Waals surface area contributed by atoms with Gasteiger partial charge in [-0.05, 0) is 29.0 Å². The summed E-state index contributed by atoms with van der Waals surface area (Å²) in [6.45, 7) is 7.09. The van der Waals surface area contributed by atoms with E-state index in [1.807, 2.05) is 12.1 Å². The first-order valence-corrected chi connectivity index (χ1v) is 6.43. The van der Waals surface area contributed by atoms with Crippen molar-refractivity contribution in [3.05, 3.63) is 29.3 Å². The van der Waals surface area contributed by atoms with Gasteiger partial charge >= 0.3 is 6.03 Å². The smallest absolute Gasteiger partial charge is 0.314 e. The fourth-order valence-electron chi connectivity index (χ4n) is 1.90. The van der Waals surface area contributed by atoms with Gasteiger partial charge in [-0.25, -0.2) is 4.79 Å². The molecule has 0 aliphatic heterocycles. The predicted octanol–water partition coefficient (Wildman–Crippen LogP) is 2.55. The number of urea groups is 1. The number of nitrogens with zero attached hydrogens (tertiary/aromatic N) is 1. The van der Waals surface area contributed by atoms with E-state index in [4.69, 9.17) is 10.5 Å². The van der Waals surface area contributed by atoms with Crippen LogP contribution in [0, 0.1) is 0 Å². The van der Waals surface area contributed by atoms with Crippen molar-refractivity contribution < 1.29 is 9.53 Å². The van der Waals surface area contributed by atoms with E-state index in [1.165, 1.54) is 16.0 Å². The van der Waals surface area contributed by atoms with Crippen LogP contribution in [0.5, 0.6) is 5.75 Å². The zero-order chi connectivity index (χ0) is 14.6.